The maximum atomic E-state index is 13.3. The number of rotatable bonds is 8. The van der Waals surface area contributed by atoms with E-state index in [1.807, 2.05) is 32.9 Å². The number of fused-ring (bicyclic) bond motifs is 1. The predicted octanol–water partition coefficient (Wildman–Crippen LogP) is 2.37. The minimum Gasteiger partial charge on any atom is -0.618 e. The summed E-state index contributed by atoms with van der Waals surface area (Å²) in [7, 11) is -4.14. The third kappa shape index (κ3) is 6.18. The number of aromatic nitrogens is 1. The van der Waals surface area contributed by atoms with Gasteiger partial charge in [-0.3, -0.25) is 14.4 Å². The summed E-state index contributed by atoms with van der Waals surface area (Å²) >= 11 is 0. The summed E-state index contributed by atoms with van der Waals surface area (Å²) in [5, 5.41) is 17.9. The average Bonchev–Trinajstić information content (AvgIpc) is 3.10. The molecule has 3 aromatic rings. The van der Waals surface area contributed by atoms with Crippen LogP contribution in [0.15, 0.2) is 52.0 Å². The molecule has 2 N–H and O–H groups in total. The van der Waals surface area contributed by atoms with E-state index in [4.69, 9.17) is 4.42 Å². The van der Waals surface area contributed by atoms with Crippen LogP contribution in [-0.2, 0) is 19.6 Å². The Morgan fingerprint density at radius 2 is 1.93 bits per heavy atom. The molecule has 40 heavy (non-hydrogen) atoms. The van der Waals surface area contributed by atoms with Crippen LogP contribution in [0.5, 0.6) is 0 Å². The molecule has 12 heteroatoms. The highest BCUT2D eigenvalue weighted by Gasteiger charge is 2.36. The lowest BCUT2D eigenvalue weighted by atomic mass is 10.0. The van der Waals surface area contributed by atoms with Gasteiger partial charge in [-0.2, -0.15) is 9.04 Å². The number of carbonyl (C=O) groups excluding carboxylic acids is 3. The van der Waals surface area contributed by atoms with Gasteiger partial charge in [0.1, 0.15) is 11.6 Å². The summed E-state index contributed by atoms with van der Waals surface area (Å²) in [6.45, 7) is 7.37. The molecule has 1 saturated heterocycles. The van der Waals surface area contributed by atoms with Crippen LogP contribution in [0.3, 0.4) is 0 Å². The van der Waals surface area contributed by atoms with Crippen LogP contribution in [0.25, 0.3) is 11.0 Å². The SMILES string of the molecule is Cc1ccc2oc(C(=O)N[C@@H](CC(C)C)C(=O)N[C@H]3CCN(S(=O)(=O)c4cccc[n+]4[O-])CCC3=O)c(C)c2c1. The molecule has 0 bridgehead atoms. The molecule has 0 aliphatic carbocycles. The molecule has 11 nitrogen and oxygen atoms in total. The van der Waals surface area contributed by atoms with Gasteiger partial charge < -0.3 is 20.3 Å². The lowest BCUT2D eigenvalue weighted by molar-refractivity contribution is -0.646. The van der Waals surface area contributed by atoms with E-state index in [0.29, 0.717) is 17.6 Å². The van der Waals surface area contributed by atoms with Crippen LogP contribution < -0.4 is 15.4 Å². The van der Waals surface area contributed by atoms with E-state index < -0.39 is 38.9 Å². The van der Waals surface area contributed by atoms with E-state index in [1.165, 1.54) is 18.2 Å². The van der Waals surface area contributed by atoms with Crippen molar-refractivity contribution in [3.8, 4) is 0 Å². The molecule has 214 valence electrons. The van der Waals surface area contributed by atoms with E-state index in [2.05, 4.69) is 10.6 Å². The van der Waals surface area contributed by atoms with E-state index in [9.17, 15) is 28.0 Å². The normalized spacial score (nSPS) is 17.5. The Morgan fingerprint density at radius 3 is 2.62 bits per heavy atom. The number of aryl methyl sites for hydroxylation is 2. The van der Waals surface area contributed by atoms with Gasteiger partial charge >= 0.3 is 15.0 Å². The summed E-state index contributed by atoms with van der Waals surface area (Å²) in [5.41, 5.74) is 2.26. The fourth-order valence-corrected chi connectivity index (χ4v) is 6.32. The fraction of sp³-hybridized carbons (Fsp3) is 0.429. The van der Waals surface area contributed by atoms with Crippen molar-refractivity contribution in [3.05, 3.63) is 64.7 Å². The van der Waals surface area contributed by atoms with Crippen LogP contribution in [-0.4, -0.2) is 55.5 Å². The van der Waals surface area contributed by atoms with Gasteiger partial charge in [0.15, 0.2) is 17.7 Å². The quantitative estimate of drug-likeness (QED) is 0.311. The number of ketones is 1. The Morgan fingerprint density at radius 1 is 1.18 bits per heavy atom. The Hall–Kier alpha value is -3.77. The second-order valence-corrected chi connectivity index (χ2v) is 12.4. The summed E-state index contributed by atoms with van der Waals surface area (Å²) in [4.78, 5) is 39.4. The molecular weight excluding hydrogens is 536 g/mol. The van der Waals surface area contributed by atoms with Gasteiger partial charge in [0, 0.05) is 42.6 Å². The lowest BCUT2D eigenvalue weighted by Crippen LogP contribution is -2.52. The first-order valence-electron chi connectivity index (χ1n) is 13.2. The van der Waals surface area contributed by atoms with Crippen molar-refractivity contribution in [1.82, 2.24) is 14.9 Å². The third-order valence-corrected chi connectivity index (χ3v) is 8.89. The van der Waals surface area contributed by atoms with Crippen LogP contribution in [0.1, 0.15) is 54.8 Å². The first-order chi connectivity index (χ1) is 18.9. The monoisotopic (exact) mass is 570 g/mol. The first kappa shape index (κ1) is 29.2. The highest BCUT2D eigenvalue weighted by Crippen LogP contribution is 2.26. The van der Waals surface area contributed by atoms with Crippen molar-refractivity contribution in [2.45, 2.75) is 64.1 Å². The van der Waals surface area contributed by atoms with Crippen LogP contribution in [0, 0.1) is 25.0 Å². The van der Waals surface area contributed by atoms with E-state index in [-0.39, 0.29) is 48.1 Å². The molecule has 1 aliphatic rings. The second-order valence-electron chi connectivity index (χ2n) is 10.5. The molecule has 0 saturated carbocycles. The van der Waals surface area contributed by atoms with Gasteiger partial charge in [-0.15, -0.1) is 0 Å². The molecule has 1 aromatic carbocycles. The number of nitrogens with one attached hydrogen (secondary N) is 2. The minimum atomic E-state index is -4.14. The van der Waals surface area contributed by atoms with Crippen molar-refractivity contribution in [2.75, 3.05) is 13.1 Å². The zero-order valence-corrected chi connectivity index (χ0v) is 23.8. The molecule has 0 radical (unpaired) electrons. The number of benzene rings is 1. The largest absolute Gasteiger partial charge is 0.618 e. The van der Waals surface area contributed by atoms with Crippen molar-refractivity contribution in [3.63, 3.8) is 0 Å². The number of hydrogen-bond donors (Lipinski definition) is 2. The van der Waals surface area contributed by atoms with Crippen LogP contribution in [0.2, 0.25) is 0 Å². The fourth-order valence-electron chi connectivity index (χ4n) is 4.84. The molecular formula is C28H34N4O7S. The van der Waals surface area contributed by atoms with Crippen molar-refractivity contribution in [2.24, 2.45) is 5.92 Å². The predicted molar refractivity (Wildman–Crippen MR) is 147 cm³/mol. The molecule has 0 unspecified atom stereocenters. The molecule has 2 aromatic heterocycles. The Balaban J connectivity index is 1.47. The number of sulfonamides is 1. The molecule has 2 amide bonds. The van der Waals surface area contributed by atoms with Crippen LogP contribution >= 0.6 is 0 Å². The number of Topliss-reactive ketones (excluding diaryl/α,β-unsaturated/α-hetero) is 1. The molecule has 0 spiro atoms. The van der Waals surface area contributed by atoms with E-state index >= 15 is 0 Å². The lowest BCUT2D eigenvalue weighted by Gasteiger charge is -2.23. The minimum absolute atomic E-state index is 0.0277. The number of amides is 2. The van der Waals surface area contributed by atoms with Gasteiger partial charge in [-0.05, 0) is 50.8 Å². The first-order valence-corrected chi connectivity index (χ1v) is 14.6. The number of nitrogens with zero attached hydrogens (tertiary/aromatic N) is 2. The van der Waals surface area contributed by atoms with Crippen molar-refractivity contribution < 1.29 is 31.9 Å². The highest BCUT2D eigenvalue weighted by atomic mass is 32.2. The van der Waals surface area contributed by atoms with Gasteiger partial charge in [0.2, 0.25) is 5.91 Å². The maximum absolute atomic E-state index is 13.3. The van der Waals surface area contributed by atoms with Gasteiger partial charge in [-0.25, -0.2) is 8.42 Å². The number of hydrogen-bond acceptors (Lipinski definition) is 7. The smallest absolute Gasteiger partial charge is 0.323 e. The molecule has 4 rings (SSSR count). The summed E-state index contributed by atoms with van der Waals surface area (Å²) < 4.78 is 33.2. The number of carbonyl (C=O) groups is 3. The van der Waals surface area contributed by atoms with E-state index in [0.717, 1.165) is 21.5 Å². The summed E-state index contributed by atoms with van der Waals surface area (Å²) in [5.74, 6) is -1.24. The molecule has 3 heterocycles. The Bertz CT molecular complexity index is 1550. The van der Waals surface area contributed by atoms with Gasteiger partial charge in [0.25, 0.3) is 5.91 Å². The highest BCUT2D eigenvalue weighted by molar-refractivity contribution is 7.88. The topological polar surface area (TPSA) is 153 Å². The number of pyridine rings is 1. The zero-order chi connectivity index (χ0) is 29.2. The molecule has 1 fully saturated rings. The number of furan rings is 1. The second kappa shape index (κ2) is 11.8. The average molecular weight is 571 g/mol. The maximum Gasteiger partial charge on any atom is 0.323 e. The van der Waals surface area contributed by atoms with Crippen molar-refractivity contribution >= 4 is 38.6 Å². The third-order valence-electron chi connectivity index (χ3n) is 7.00. The Kier molecular flexibility index (Phi) is 8.59. The Labute approximate surface area is 233 Å². The van der Waals surface area contributed by atoms with E-state index in [1.54, 1.807) is 13.0 Å². The molecule has 1 aliphatic heterocycles. The van der Waals surface area contributed by atoms with Gasteiger partial charge in [-0.1, -0.05) is 25.5 Å². The van der Waals surface area contributed by atoms with Crippen LogP contribution in [0.4, 0.5) is 0 Å². The zero-order valence-electron chi connectivity index (χ0n) is 23.0. The summed E-state index contributed by atoms with van der Waals surface area (Å²) in [6, 6.07) is 7.80. The standard InChI is InChI=1S/C28H34N4O7S/c1-17(2)15-22(30-28(35)26-19(4)20-16-18(3)8-9-24(20)39-26)27(34)29-21-10-13-31(14-11-23(21)33)40(37,38)25-7-5-6-12-32(25)36/h5-9,12,16-17,21-22H,10-11,13-15H2,1-4H3,(H,29,34)(H,30,35)/t21-,22-/m0/s1. The van der Waals surface area contributed by atoms with Gasteiger partial charge in [0.05, 0.1) is 6.04 Å². The molecule has 2 atom stereocenters. The van der Waals surface area contributed by atoms with Crippen molar-refractivity contribution in [1.29, 1.82) is 0 Å². The summed E-state index contributed by atoms with van der Waals surface area (Å²) in [6.07, 6.45) is 1.30.